The molecule has 1 fully saturated rings. The maximum Gasteiger partial charge on any atom is 0.328 e. The molecule has 0 spiro atoms. The summed E-state index contributed by atoms with van der Waals surface area (Å²) in [5.74, 6) is -0.517. The van der Waals surface area contributed by atoms with Crippen LogP contribution in [0.4, 0.5) is 0 Å². The highest BCUT2D eigenvalue weighted by atomic mass is 16.5. The Labute approximate surface area is 152 Å². The van der Waals surface area contributed by atoms with Gasteiger partial charge in [-0.05, 0) is 34.5 Å². The second kappa shape index (κ2) is 6.64. The molecule has 2 atom stereocenters. The molecule has 0 radical (unpaired) electrons. The van der Waals surface area contributed by atoms with Gasteiger partial charge in [-0.25, -0.2) is 4.79 Å². The first kappa shape index (κ1) is 16.3. The van der Waals surface area contributed by atoms with E-state index in [0.717, 1.165) is 16.3 Å². The Morgan fingerprint density at radius 2 is 1.62 bits per heavy atom. The number of ether oxygens (including phenoxy) is 1. The highest BCUT2D eigenvalue weighted by Crippen LogP contribution is 2.41. The lowest BCUT2D eigenvalue weighted by Crippen LogP contribution is -2.57. The van der Waals surface area contributed by atoms with Gasteiger partial charge in [0.25, 0.3) is 5.91 Å². The number of esters is 1. The second-order valence-electron chi connectivity index (χ2n) is 6.48. The molecule has 1 heterocycles. The Hall–Kier alpha value is -3.14. The van der Waals surface area contributed by atoms with Crippen LogP contribution in [-0.4, -0.2) is 29.9 Å². The maximum absolute atomic E-state index is 13.0. The van der Waals surface area contributed by atoms with Crippen LogP contribution in [0, 0.1) is 0 Å². The predicted octanol–water partition coefficient (Wildman–Crippen LogP) is 3.97. The molecule has 4 rings (SSSR count). The van der Waals surface area contributed by atoms with Gasteiger partial charge in [0, 0.05) is 12.0 Å². The average Bonchev–Trinajstić information content (AvgIpc) is 2.67. The molecule has 0 bridgehead atoms. The van der Waals surface area contributed by atoms with Gasteiger partial charge in [0.05, 0.1) is 13.2 Å². The topological polar surface area (TPSA) is 46.6 Å². The van der Waals surface area contributed by atoms with E-state index in [1.807, 2.05) is 36.4 Å². The largest absolute Gasteiger partial charge is 0.467 e. The summed E-state index contributed by atoms with van der Waals surface area (Å²) in [6.07, 6.45) is 0.573. The Balaban J connectivity index is 1.70. The molecule has 0 aliphatic carbocycles. The number of hydrogen-bond donors (Lipinski definition) is 0. The minimum atomic E-state index is -0.538. The number of carbonyl (C=O) groups is 2. The third-order valence-electron chi connectivity index (χ3n) is 5.00. The van der Waals surface area contributed by atoms with E-state index in [-0.39, 0.29) is 17.9 Å². The van der Waals surface area contributed by atoms with Crippen molar-refractivity contribution < 1.29 is 14.3 Å². The summed E-state index contributed by atoms with van der Waals surface area (Å²) >= 11 is 0. The normalized spacial score (nSPS) is 19.0. The van der Waals surface area contributed by atoms with Crippen LogP contribution in [0.15, 0.2) is 72.8 Å². The highest BCUT2D eigenvalue weighted by Gasteiger charge is 2.47. The molecule has 3 aromatic carbocycles. The third kappa shape index (κ3) is 2.73. The van der Waals surface area contributed by atoms with Crippen LogP contribution in [0.1, 0.15) is 28.4 Å². The maximum atomic E-state index is 13.0. The molecule has 1 aliphatic heterocycles. The van der Waals surface area contributed by atoms with Gasteiger partial charge < -0.3 is 9.64 Å². The fourth-order valence-electron chi connectivity index (χ4n) is 3.59. The zero-order chi connectivity index (χ0) is 18.1. The molecule has 0 aromatic heterocycles. The van der Waals surface area contributed by atoms with E-state index in [9.17, 15) is 9.59 Å². The SMILES string of the molecule is COC(=O)[C@H]1C[C@H](c2ccc3ccccc3c2)N1C(=O)c1ccccc1. The molecular weight excluding hydrogens is 326 g/mol. The lowest BCUT2D eigenvalue weighted by Gasteiger charge is -2.47. The van der Waals surface area contributed by atoms with Crippen molar-refractivity contribution in [1.29, 1.82) is 0 Å². The lowest BCUT2D eigenvalue weighted by molar-refractivity contribution is -0.153. The van der Waals surface area contributed by atoms with E-state index in [1.54, 1.807) is 17.0 Å². The monoisotopic (exact) mass is 345 g/mol. The van der Waals surface area contributed by atoms with E-state index in [2.05, 4.69) is 24.3 Å². The fraction of sp³-hybridized carbons (Fsp3) is 0.182. The van der Waals surface area contributed by atoms with E-state index in [1.165, 1.54) is 7.11 Å². The van der Waals surface area contributed by atoms with Crippen molar-refractivity contribution in [3.8, 4) is 0 Å². The van der Waals surface area contributed by atoms with Gasteiger partial charge in [-0.3, -0.25) is 4.79 Å². The number of nitrogens with zero attached hydrogens (tertiary/aromatic N) is 1. The summed E-state index contributed by atoms with van der Waals surface area (Å²) < 4.78 is 4.89. The third-order valence-corrected chi connectivity index (χ3v) is 5.00. The van der Waals surface area contributed by atoms with Crippen molar-refractivity contribution in [1.82, 2.24) is 4.90 Å². The highest BCUT2D eigenvalue weighted by molar-refractivity contribution is 5.98. The molecule has 0 N–H and O–H groups in total. The molecule has 4 nitrogen and oxygen atoms in total. The minimum Gasteiger partial charge on any atom is -0.467 e. The fourth-order valence-corrected chi connectivity index (χ4v) is 3.59. The summed E-state index contributed by atoms with van der Waals surface area (Å²) in [6.45, 7) is 0. The van der Waals surface area contributed by atoms with Crippen molar-refractivity contribution in [2.24, 2.45) is 0 Å². The molecule has 1 amide bonds. The van der Waals surface area contributed by atoms with Gasteiger partial charge in [0.1, 0.15) is 6.04 Å². The summed E-state index contributed by atoms with van der Waals surface area (Å²) in [5, 5.41) is 2.28. The number of carbonyl (C=O) groups excluding carboxylic acids is 2. The van der Waals surface area contributed by atoms with Crippen molar-refractivity contribution >= 4 is 22.6 Å². The number of likely N-dealkylation sites (tertiary alicyclic amines) is 1. The number of methoxy groups -OCH3 is 1. The van der Waals surface area contributed by atoms with Gasteiger partial charge in [-0.1, -0.05) is 54.6 Å². The van der Waals surface area contributed by atoms with E-state index >= 15 is 0 Å². The van der Waals surface area contributed by atoms with Gasteiger partial charge in [-0.15, -0.1) is 0 Å². The minimum absolute atomic E-state index is 0.128. The Kier molecular flexibility index (Phi) is 4.17. The van der Waals surface area contributed by atoms with E-state index < -0.39 is 6.04 Å². The Bertz CT molecular complexity index is 967. The molecular formula is C22H19NO3. The molecule has 1 saturated heterocycles. The Morgan fingerprint density at radius 1 is 0.923 bits per heavy atom. The average molecular weight is 345 g/mol. The summed E-state index contributed by atoms with van der Waals surface area (Å²) in [5.41, 5.74) is 1.61. The molecule has 0 saturated carbocycles. The van der Waals surface area contributed by atoms with Gasteiger partial charge >= 0.3 is 5.97 Å². The van der Waals surface area contributed by atoms with Crippen LogP contribution in [0.25, 0.3) is 10.8 Å². The number of fused-ring (bicyclic) bond motifs is 1. The van der Waals surface area contributed by atoms with Crippen LogP contribution >= 0.6 is 0 Å². The zero-order valence-corrected chi connectivity index (χ0v) is 14.5. The Morgan fingerprint density at radius 3 is 2.35 bits per heavy atom. The molecule has 130 valence electrons. The van der Waals surface area contributed by atoms with Crippen molar-refractivity contribution in [3.05, 3.63) is 83.9 Å². The number of rotatable bonds is 3. The van der Waals surface area contributed by atoms with Crippen LogP contribution in [0.5, 0.6) is 0 Å². The first-order chi connectivity index (χ1) is 12.7. The number of amides is 1. The summed E-state index contributed by atoms with van der Waals surface area (Å²) in [4.78, 5) is 26.8. The van der Waals surface area contributed by atoms with Crippen LogP contribution < -0.4 is 0 Å². The zero-order valence-electron chi connectivity index (χ0n) is 14.5. The molecule has 0 unspecified atom stereocenters. The quantitative estimate of drug-likeness (QED) is 0.675. The second-order valence-corrected chi connectivity index (χ2v) is 6.48. The molecule has 3 aromatic rings. The number of hydrogen-bond acceptors (Lipinski definition) is 3. The van der Waals surface area contributed by atoms with Crippen LogP contribution in [0.3, 0.4) is 0 Å². The van der Waals surface area contributed by atoms with Gasteiger partial charge in [0.2, 0.25) is 0 Å². The van der Waals surface area contributed by atoms with Crippen molar-refractivity contribution in [2.75, 3.05) is 7.11 Å². The van der Waals surface area contributed by atoms with E-state index in [4.69, 9.17) is 4.74 Å². The molecule has 4 heteroatoms. The number of benzene rings is 3. The smallest absolute Gasteiger partial charge is 0.328 e. The predicted molar refractivity (Wildman–Crippen MR) is 99.7 cm³/mol. The first-order valence-corrected chi connectivity index (χ1v) is 8.63. The summed E-state index contributed by atoms with van der Waals surface area (Å²) in [7, 11) is 1.36. The van der Waals surface area contributed by atoms with Crippen LogP contribution in [0.2, 0.25) is 0 Å². The standard InChI is InChI=1S/C22H19NO3/c1-26-22(25)20-14-19(23(20)21(24)16-8-3-2-4-9-16)18-12-11-15-7-5-6-10-17(15)13-18/h2-13,19-20H,14H2,1H3/t19-,20-/m1/s1. The van der Waals surface area contributed by atoms with Crippen molar-refractivity contribution in [3.63, 3.8) is 0 Å². The van der Waals surface area contributed by atoms with Gasteiger partial charge in [-0.2, -0.15) is 0 Å². The molecule has 26 heavy (non-hydrogen) atoms. The van der Waals surface area contributed by atoms with Crippen LogP contribution in [-0.2, 0) is 9.53 Å². The lowest BCUT2D eigenvalue weighted by atomic mass is 9.85. The molecule has 1 aliphatic rings. The van der Waals surface area contributed by atoms with Gasteiger partial charge in [0.15, 0.2) is 0 Å². The van der Waals surface area contributed by atoms with E-state index in [0.29, 0.717) is 12.0 Å². The first-order valence-electron chi connectivity index (χ1n) is 8.63. The summed E-state index contributed by atoms with van der Waals surface area (Å²) in [6, 6.07) is 22.7. The van der Waals surface area contributed by atoms with Crippen molar-refractivity contribution in [2.45, 2.75) is 18.5 Å².